The molecule has 80 valence electrons. The summed E-state index contributed by atoms with van der Waals surface area (Å²) in [6, 6.07) is 6.82. The van der Waals surface area contributed by atoms with Gasteiger partial charge in [0.15, 0.2) is 0 Å². The lowest BCUT2D eigenvalue weighted by Crippen LogP contribution is -2.29. The molecule has 1 rings (SSSR count). The van der Waals surface area contributed by atoms with Gasteiger partial charge in [-0.05, 0) is 12.1 Å². The Bertz CT molecular complexity index is 349. The van der Waals surface area contributed by atoms with E-state index in [0.717, 1.165) is 0 Å². The van der Waals surface area contributed by atoms with Crippen LogP contribution in [0.2, 0.25) is 0 Å². The second-order valence-corrected chi connectivity index (χ2v) is 3.00. The van der Waals surface area contributed by atoms with Crippen molar-refractivity contribution in [1.82, 2.24) is 4.98 Å². The number of aliphatic hydroxyl groups is 1. The van der Waals surface area contributed by atoms with Crippen LogP contribution in [0.1, 0.15) is 5.69 Å². The third-order valence-corrected chi connectivity index (χ3v) is 1.80. The van der Waals surface area contributed by atoms with E-state index in [1.54, 1.807) is 25.3 Å². The molecule has 0 aliphatic rings. The molecular formula is C10H13N3O2. The van der Waals surface area contributed by atoms with Crippen molar-refractivity contribution in [2.75, 3.05) is 25.6 Å². The molecule has 0 radical (unpaired) electrons. The molecule has 0 bridgehead atoms. The molecule has 1 aromatic rings. The molecule has 0 aliphatic carbocycles. The van der Waals surface area contributed by atoms with Gasteiger partial charge in [0.2, 0.25) is 0 Å². The van der Waals surface area contributed by atoms with E-state index in [9.17, 15) is 0 Å². The quantitative estimate of drug-likeness (QED) is 0.729. The van der Waals surface area contributed by atoms with Crippen LogP contribution in [0.25, 0.3) is 0 Å². The van der Waals surface area contributed by atoms with Crippen LogP contribution in [-0.2, 0) is 4.74 Å². The molecule has 0 aromatic carbocycles. The van der Waals surface area contributed by atoms with E-state index in [1.807, 2.05) is 6.07 Å². The van der Waals surface area contributed by atoms with Crippen LogP contribution in [0.3, 0.4) is 0 Å². The number of aromatic nitrogens is 1. The maximum atomic E-state index is 9.01. The van der Waals surface area contributed by atoms with Crippen LogP contribution >= 0.6 is 0 Å². The zero-order valence-electron chi connectivity index (χ0n) is 8.47. The fourth-order valence-corrected chi connectivity index (χ4v) is 1.13. The minimum Gasteiger partial charge on any atom is -0.394 e. The first-order chi connectivity index (χ1) is 7.30. The van der Waals surface area contributed by atoms with Gasteiger partial charge in [-0.15, -0.1) is 0 Å². The molecule has 1 atom stereocenters. The number of nitrogens with zero attached hydrogens (tertiary/aromatic N) is 2. The van der Waals surface area contributed by atoms with E-state index in [1.165, 1.54) is 0 Å². The number of anilines is 1. The van der Waals surface area contributed by atoms with E-state index in [0.29, 0.717) is 18.1 Å². The fraction of sp³-hybridized carbons (Fsp3) is 0.400. The summed E-state index contributed by atoms with van der Waals surface area (Å²) in [5, 5.41) is 20.6. The second kappa shape index (κ2) is 5.96. The Morgan fingerprint density at radius 1 is 1.67 bits per heavy atom. The summed E-state index contributed by atoms with van der Waals surface area (Å²) in [4.78, 5) is 4.02. The predicted molar refractivity (Wildman–Crippen MR) is 55.3 cm³/mol. The fourth-order valence-electron chi connectivity index (χ4n) is 1.13. The summed E-state index contributed by atoms with van der Waals surface area (Å²) in [6.07, 6.45) is 0. The van der Waals surface area contributed by atoms with Gasteiger partial charge in [0.25, 0.3) is 0 Å². The first-order valence-electron chi connectivity index (χ1n) is 4.53. The summed E-state index contributed by atoms with van der Waals surface area (Å²) in [7, 11) is 1.56. The highest BCUT2D eigenvalue weighted by atomic mass is 16.5. The minimum atomic E-state index is -0.212. The number of pyridine rings is 1. The molecule has 0 saturated heterocycles. The Kier molecular flexibility index (Phi) is 4.54. The number of ether oxygens (including phenoxy) is 1. The number of methoxy groups -OCH3 is 1. The SMILES string of the molecule is COCC(CO)Nc1cccc(C#N)n1. The molecule has 0 spiro atoms. The van der Waals surface area contributed by atoms with Gasteiger partial charge in [0.1, 0.15) is 17.6 Å². The Morgan fingerprint density at radius 3 is 3.07 bits per heavy atom. The van der Waals surface area contributed by atoms with Gasteiger partial charge < -0.3 is 15.2 Å². The molecule has 2 N–H and O–H groups in total. The van der Waals surface area contributed by atoms with Crippen molar-refractivity contribution in [3.8, 4) is 6.07 Å². The zero-order valence-corrected chi connectivity index (χ0v) is 8.47. The summed E-state index contributed by atoms with van der Waals surface area (Å²) in [5.41, 5.74) is 0.342. The zero-order chi connectivity index (χ0) is 11.1. The highest BCUT2D eigenvalue weighted by molar-refractivity contribution is 5.39. The monoisotopic (exact) mass is 207 g/mol. The standard InChI is InChI=1S/C10H13N3O2/c1-15-7-9(6-14)13-10-4-2-3-8(5-11)12-10/h2-4,9,14H,6-7H2,1H3,(H,12,13). The van der Waals surface area contributed by atoms with Gasteiger partial charge in [-0.25, -0.2) is 4.98 Å². The molecule has 0 saturated carbocycles. The lowest BCUT2D eigenvalue weighted by atomic mass is 10.3. The second-order valence-electron chi connectivity index (χ2n) is 3.00. The van der Waals surface area contributed by atoms with Crippen molar-refractivity contribution >= 4 is 5.82 Å². The summed E-state index contributed by atoms with van der Waals surface area (Å²) in [6.45, 7) is 0.335. The highest BCUT2D eigenvalue weighted by Gasteiger charge is 2.07. The lowest BCUT2D eigenvalue weighted by molar-refractivity contribution is 0.153. The molecule has 0 amide bonds. The van der Waals surface area contributed by atoms with Crippen LogP contribution in [-0.4, -0.2) is 36.5 Å². The summed E-state index contributed by atoms with van der Waals surface area (Å²) < 4.78 is 4.91. The van der Waals surface area contributed by atoms with Gasteiger partial charge in [0.05, 0.1) is 19.3 Å². The smallest absolute Gasteiger partial charge is 0.142 e. The van der Waals surface area contributed by atoms with Crippen LogP contribution in [0.15, 0.2) is 18.2 Å². The van der Waals surface area contributed by atoms with Gasteiger partial charge in [-0.3, -0.25) is 0 Å². The number of nitriles is 1. The minimum absolute atomic E-state index is 0.0493. The van der Waals surface area contributed by atoms with Gasteiger partial charge >= 0.3 is 0 Å². The Morgan fingerprint density at radius 2 is 2.47 bits per heavy atom. The Labute approximate surface area is 88.3 Å². The highest BCUT2D eigenvalue weighted by Crippen LogP contribution is 2.05. The lowest BCUT2D eigenvalue weighted by Gasteiger charge is -2.15. The third kappa shape index (κ3) is 3.54. The topological polar surface area (TPSA) is 78.2 Å². The van der Waals surface area contributed by atoms with E-state index < -0.39 is 0 Å². The average Bonchev–Trinajstić information content (AvgIpc) is 2.29. The number of hydrogen-bond donors (Lipinski definition) is 2. The van der Waals surface area contributed by atoms with E-state index >= 15 is 0 Å². The maximum absolute atomic E-state index is 9.01. The van der Waals surface area contributed by atoms with Crippen molar-refractivity contribution in [2.45, 2.75) is 6.04 Å². The third-order valence-electron chi connectivity index (χ3n) is 1.80. The van der Waals surface area contributed by atoms with Crippen LogP contribution in [0.5, 0.6) is 0 Å². The number of nitrogens with one attached hydrogen (secondary N) is 1. The largest absolute Gasteiger partial charge is 0.394 e. The predicted octanol–water partition coefficient (Wildman–Crippen LogP) is 0.372. The van der Waals surface area contributed by atoms with Gasteiger partial charge in [-0.2, -0.15) is 5.26 Å². The van der Waals surface area contributed by atoms with E-state index in [-0.39, 0.29) is 12.6 Å². The Balaban J connectivity index is 2.66. The molecule has 0 aliphatic heterocycles. The summed E-state index contributed by atoms with van der Waals surface area (Å²) in [5.74, 6) is 0.560. The molecule has 5 heteroatoms. The van der Waals surface area contributed by atoms with E-state index in [2.05, 4.69) is 10.3 Å². The van der Waals surface area contributed by atoms with Crippen molar-refractivity contribution in [2.24, 2.45) is 0 Å². The molecule has 5 nitrogen and oxygen atoms in total. The van der Waals surface area contributed by atoms with Crippen LogP contribution in [0.4, 0.5) is 5.82 Å². The van der Waals surface area contributed by atoms with E-state index in [4.69, 9.17) is 15.1 Å². The van der Waals surface area contributed by atoms with Gasteiger partial charge in [-0.1, -0.05) is 6.07 Å². The Hall–Kier alpha value is -1.64. The van der Waals surface area contributed by atoms with Crippen molar-refractivity contribution < 1.29 is 9.84 Å². The molecule has 1 aromatic heterocycles. The average molecular weight is 207 g/mol. The van der Waals surface area contributed by atoms with Crippen LogP contribution in [0, 0.1) is 11.3 Å². The molecular weight excluding hydrogens is 194 g/mol. The normalized spacial score (nSPS) is 11.8. The number of hydrogen-bond acceptors (Lipinski definition) is 5. The number of rotatable bonds is 5. The summed E-state index contributed by atoms with van der Waals surface area (Å²) >= 11 is 0. The van der Waals surface area contributed by atoms with Crippen molar-refractivity contribution in [3.05, 3.63) is 23.9 Å². The molecule has 1 heterocycles. The maximum Gasteiger partial charge on any atom is 0.142 e. The van der Waals surface area contributed by atoms with Crippen molar-refractivity contribution in [3.63, 3.8) is 0 Å². The van der Waals surface area contributed by atoms with Crippen LogP contribution < -0.4 is 5.32 Å². The molecule has 15 heavy (non-hydrogen) atoms. The first kappa shape index (κ1) is 11.4. The molecule has 1 unspecified atom stereocenters. The van der Waals surface area contributed by atoms with Crippen molar-refractivity contribution in [1.29, 1.82) is 5.26 Å². The first-order valence-corrected chi connectivity index (χ1v) is 4.53. The molecule has 0 fully saturated rings. The van der Waals surface area contributed by atoms with Gasteiger partial charge in [0, 0.05) is 7.11 Å². The number of aliphatic hydroxyl groups excluding tert-OH is 1.